The monoisotopic (exact) mass is 218 g/mol. The summed E-state index contributed by atoms with van der Waals surface area (Å²) in [5.41, 5.74) is 0.277. The van der Waals surface area contributed by atoms with E-state index in [0.29, 0.717) is 0 Å². The highest BCUT2D eigenvalue weighted by atomic mass is 32.2. The van der Waals surface area contributed by atoms with Crippen LogP contribution in [0.5, 0.6) is 0 Å². The summed E-state index contributed by atoms with van der Waals surface area (Å²) in [6.45, 7) is 0.259. The molecule has 0 aromatic heterocycles. The maximum Gasteiger partial charge on any atom is 0.238 e. The highest BCUT2D eigenvalue weighted by Gasteiger charge is 2.10. The lowest BCUT2D eigenvalue weighted by molar-refractivity contribution is 0.590. The van der Waals surface area contributed by atoms with E-state index >= 15 is 0 Å². The minimum absolute atomic E-state index is 0.0795. The van der Waals surface area contributed by atoms with Crippen LogP contribution in [0.1, 0.15) is 5.56 Å². The van der Waals surface area contributed by atoms with Gasteiger partial charge in [0.25, 0.3) is 0 Å². The molecule has 0 aliphatic carbocycles. The number of hydrogen-bond acceptors (Lipinski definition) is 3. The fraction of sp³-hybridized carbons (Fsp3) is 0.250. The Balaban J connectivity index is 3.20. The average Bonchev–Trinajstić information content (AvgIpc) is 2.07. The summed E-state index contributed by atoms with van der Waals surface area (Å²) in [5, 5.41) is 7.63. The first-order valence-electron chi connectivity index (χ1n) is 3.91. The van der Waals surface area contributed by atoms with Crippen molar-refractivity contribution in [2.45, 2.75) is 11.4 Å². The van der Waals surface area contributed by atoms with E-state index in [1.54, 1.807) is 7.05 Å². The maximum absolute atomic E-state index is 13.1. The van der Waals surface area contributed by atoms with E-state index in [9.17, 15) is 12.8 Å². The van der Waals surface area contributed by atoms with Gasteiger partial charge < -0.3 is 5.32 Å². The van der Waals surface area contributed by atoms with Crippen LogP contribution in [0.4, 0.5) is 4.39 Å². The molecule has 0 heterocycles. The zero-order valence-corrected chi connectivity index (χ0v) is 8.44. The predicted octanol–water partition coefficient (Wildman–Crippen LogP) is 0.193. The summed E-state index contributed by atoms with van der Waals surface area (Å²) in [6, 6.07) is 3.46. The molecule has 78 valence electrons. The number of benzene rings is 1. The lowest BCUT2D eigenvalue weighted by Gasteiger charge is -2.04. The summed E-state index contributed by atoms with van der Waals surface area (Å²) in [4.78, 5) is -0.0795. The molecule has 0 fully saturated rings. The van der Waals surface area contributed by atoms with Gasteiger partial charge in [-0.05, 0) is 25.2 Å². The molecule has 14 heavy (non-hydrogen) atoms. The molecule has 4 nitrogen and oxygen atoms in total. The van der Waals surface area contributed by atoms with E-state index in [-0.39, 0.29) is 17.0 Å². The summed E-state index contributed by atoms with van der Waals surface area (Å²) >= 11 is 0. The topological polar surface area (TPSA) is 72.2 Å². The van der Waals surface area contributed by atoms with E-state index in [2.05, 4.69) is 5.32 Å². The van der Waals surface area contributed by atoms with Crippen molar-refractivity contribution in [2.24, 2.45) is 5.14 Å². The van der Waals surface area contributed by atoms with Gasteiger partial charge in [-0.15, -0.1) is 0 Å². The minimum atomic E-state index is -3.75. The molecule has 1 aromatic rings. The smallest absolute Gasteiger partial charge is 0.238 e. The van der Waals surface area contributed by atoms with Gasteiger partial charge in [0.15, 0.2) is 0 Å². The van der Waals surface area contributed by atoms with Crippen LogP contribution in [-0.4, -0.2) is 15.5 Å². The Morgan fingerprint density at radius 1 is 1.50 bits per heavy atom. The van der Waals surface area contributed by atoms with Crippen molar-refractivity contribution in [1.29, 1.82) is 0 Å². The van der Waals surface area contributed by atoms with E-state index in [0.717, 1.165) is 12.1 Å². The van der Waals surface area contributed by atoms with Crippen molar-refractivity contribution in [3.63, 3.8) is 0 Å². The maximum atomic E-state index is 13.1. The first kappa shape index (κ1) is 11.1. The van der Waals surface area contributed by atoms with Gasteiger partial charge in [0.1, 0.15) is 5.82 Å². The largest absolute Gasteiger partial charge is 0.316 e. The second-order valence-electron chi connectivity index (χ2n) is 2.83. The molecule has 0 saturated carbocycles. The predicted molar refractivity (Wildman–Crippen MR) is 50.5 cm³/mol. The van der Waals surface area contributed by atoms with Crippen molar-refractivity contribution in [2.75, 3.05) is 7.05 Å². The number of nitrogens with two attached hydrogens (primary N) is 1. The number of primary sulfonamides is 1. The van der Waals surface area contributed by atoms with Crippen molar-refractivity contribution < 1.29 is 12.8 Å². The van der Waals surface area contributed by atoms with Gasteiger partial charge in [0.05, 0.1) is 4.90 Å². The van der Waals surface area contributed by atoms with Crippen LogP contribution in [0.3, 0.4) is 0 Å². The molecule has 0 radical (unpaired) electrons. The lowest BCUT2D eigenvalue weighted by Crippen LogP contribution is -2.14. The van der Waals surface area contributed by atoms with Crippen LogP contribution in [0.25, 0.3) is 0 Å². The summed E-state index contributed by atoms with van der Waals surface area (Å²) in [7, 11) is -2.11. The Morgan fingerprint density at radius 2 is 2.14 bits per heavy atom. The molecule has 0 aliphatic heterocycles. The molecule has 1 rings (SSSR count). The van der Waals surface area contributed by atoms with Gasteiger partial charge in [0.2, 0.25) is 10.0 Å². The Bertz CT molecular complexity index is 431. The van der Waals surface area contributed by atoms with Crippen LogP contribution in [-0.2, 0) is 16.6 Å². The fourth-order valence-corrected chi connectivity index (χ4v) is 1.62. The zero-order valence-electron chi connectivity index (χ0n) is 7.62. The highest BCUT2D eigenvalue weighted by molar-refractivity contribution is 7.89. The Morgan fingerprint density at radius 3 is 2.64 bits per heavy atom. The van der Waals surface area contributed by atoms with Crippen LogP contribution in [0.2, 0.25) is 0 Å². The average molecular weight is 218 g/mol. The Labute approximate surface area is 82.0 Å². The second kappa shape index (κ2) is 4.04. The summed E-state index contributed by atoms with van der Waals surface area (Å²) in [6.07, 6.45) is 0. The molecular formula is C8H11FN2O2S. The third-order valence-electron chi connectivity index (χ3n) is 1.71. The number of sulfonamides is 1. The van der Waals surface area contributed by atoms with Crippen molar-refractivity contribution in [3.8, 4) is 0 Å². The molecule has 0 unspecified atom stereocenters. The number of nitrogens with one attached hydrogen (secondary N) is 1. The lowest BCUT2D eigenvalue weighted by atomic mass is 10.2. The minimum Gasteiger partial charge on any atom is -0.316 e. The Kier molecular flexibility index (Phi) is 3.20. The third-order valence-corrected chi connectivity index (χ3v) is 2.62. The van der Waals surface area contributed by atoms with E-state index in [1.807, 2.05) is 0 Å². The van der Waals surface area contributed by atoms with Crippen molar-refractivity contribution in [1.82, 2.24) is 5.32 Å². The molecule has 0 saturated heterocycles. The quantitative estimate of drug-likeness (QED) is 0.760. The SMILES string of the molecule is CNCc1cc(S(N)(=O)=O)ccc1F. The zero-order chi connectivity index (χ0) is 10.8. The third kappa shape index (κ3) is 2.50. The van der Waals surface area contributed by atoms with E-state index in [4.69, 9.17) is 5.14 Å². The van der Waals surface area contributed by atoms with Crippen LogP contribution in [0, 0.1) is 5.82 Å². The van der Waals surface area contributed by atoms with Gasteiger partial charge in [-0.3, -0.25) is 0 Å². The highest BCUT2D eigenvalue weighted by Crippen LogP contribution is 2.13. The molecule has 3 N–H and O–H groups in total. The molecule has 0 aliphatic rings. The van der Waals surface area contributed by atoms with Gasteiger partial charge in [0, 0.05) is 12.1 Å². The first-order valence-corrected chi connectivity index (χ1v) is 5.45. The molecule has 0 atom stereocenters. The number of rotatable bonds is 3. The normalized spacial score (nSPS) is 11.6. The van der Waals surface area contributed by atoms with Gasteiger partial charge in [-0.25, -0.2) is 17.9 Å². The molecular weight excluding hydrogens is 207 g/mol. The van der Waals surface area contributed by atoms with Crippen molar-refractivity contribution >= 4 is 10.0 Å². The molecule has 0 bridgehead atoms. The van der Waals surface area contributed by atoms with Gasteiger partial charge in [-0.1, -0.05) is 0 Å². The number of halogens is 1. The van der Waals surface area contributed by atoms with Crippen LogP contribution in [0.15, 0.2) is 23.1 Å². The van der Waals surface area contributed by atoms with Crippen LogP contribution < -0.4 is 10.5 Å². The standard InChI is InChI=1S/C8H11FN2O2S/c1-11-5-6-4-7(14(10,12)13)2-3-8(6)9/h2-4,11H,5H2,1H3,(H2,10,12,13). The molecule has 0 spiro atoms. The molecule has 1 aromatic carbocycles. The van der Waals surface area contributed by atoms with E-state index < -0.39 is 15.8 Å². The number of hydrogen-bond donors (Lipinski definition) is 2. The molecule has 0 amide bonds. The summed E-state index contributed by atoms with van der Waals surface area (Å²) < 4.78 is 34.9. The second-order valence-corrected chi connectivity index (χ2v) is 4.39. The van der Waals surface area contributed by atoms with Crippen molar-refractivity contribution in [3.05, 3.63) is 29.6 Å². The van der Waals surface area contributed by atoms with Gasteiger partial charge in [-0.2, -0.15) is 0 Å². The Hall–Kier alpha value is -0.980. The molecule has 6 heteroatoms. The first-order chi connectivity index (χ1) is 6.45. The fourth-order valence-electron chi connectivity index (χ4n) is 1.05. The summed E-state index contributed by atoms with van der Waals surface area (Å²) in [5.74, 6) is -0.452. The van der Waals surface area contributed by atoms with E-state index in [1.165, 1.54) is 6.07 Å². The van der Waals surface area contributed by atoms with Gasteiger partial charge >= 0.3 is 0 Å². The van der Waals surface area contributed by atoms with Crippen LogP contribution >= 0.6 is 0 Å².